The van der Waals surface area contributed by atoms with Crippen molar-refractivity contribution in [2.24, 2.45) is 5.16 Å². The first-order valence-electron chi connectivity index (χ1n) is 9.75. The van der Waals surface area contributed by atoms with Gasteiger partial charge in [0.2, 0.25) is 0 Å². The van der Waals surface area contributed by atoms with Crippen LogP contribution in [0.2, 0.25) is 0 Å². The van der Waals surface area contributed by atoms with E-state index in [4.69, 9.17) is 4.74 Å². The van der Waals surface area contributed by atoms with Crippen LogP contribution in [0, 0.1) is 6.92 Å². The number of ether oxygens (including phenoxy) is 1. The maximum atomic E-state index is 13.0. The van der Waals surface area contributed by atoms with Gasteiger partial charge in [-0.3, -0.25) is 9.97 Å². The smallest absolute Gasteiger partial charge is 0.322 e. The average molecular weight is 427 g/mol. The minimum Gasteiger partial charge on any atom is -0.609 e. The van der Waals surface area contributed by atoms with E-state index in [0.717, 1.165) is 44.9 Å². The number of hydrogen-bond acceptors (Lipinski definition) is 6. The highest BCUT2D eigenvalue weighted by Gasteiger charge is 2.49. The van der Waals surface area contributed by atoms with Crippen molar-refractivity contribution in [2.75, 3.05) is 7.11 Å². The Balaban J connectivity index is 1.73. The number of benzene rings is 1. The number of oxime groups is 1. The van der Waals surface area contributed by atoms with Crippen molar-refractivity contribution in [1.82, 2.24) is 15.0 Å². The number of aromatic amines is 1. The summed E-state index contributed by atoms with van der Waals surface area (Å²) in [5, 5.41) is 13.7. The summed E-state index contributed by atoms with van der Waals surface area (Å²) in [5.74, 6) is 0.977. The zero-order valence-electron chi connectivity index (χ0n) is 18.0. The predicted molar refractivity (Wildman–Crippen MR) is 117 cm³/mol. The Kier molecular flexibility index (Phi) is 4.82. The number of methoxy groups -OCH3 is 1. The Labute approximate surface area is 178 Å². The zero-order chi connectivity index (χ0) is 21.8. The molecule has 30 heavy (non-hydrogen) atoms. The molecule has 3 aromatic rings. The first-order valence-corrected chi connectivity index (χ1v) is 11.1. The van der Waals surface area contributed by atoms with Crippen LogP contribution in [0.1, 0.15) is 50.1 Å². The molecule has 0 radical (unpaired) electrons. The van der Waals surface area contributed by atoms with E-state index in [1.165, 1.54) is 0 Å². The molecule has 1 aliphatic carbocycles. The molecule has 0 spiro atoms. The molecule has 1 atom stereocenters. The normalized spacial score (nSPS) is 19.2. The van der Waals surface area contributed by atoms with Crippen LogP contribution in [-0.2, 0) is 27.8 Å². The van der Waals surface area contributed by atoms with Gasteiger partial charge in [0.15, 0.2) is 5.75 Å². The second kappa shape index (κ2) is 6.99. The molecule has 0 saturated heterocycles. The Morgan fingerprint density at radius 1 is 1.20 bits per heavy atom. The van der Waals surface area contributed by atoms with Gasteiger partial charge in [-0.15, -0.1) is 0 Å². The summed E-state index contributed by atoms with van der Waals surface area (Å²) >= 11 is -1.38. The third-order valence-electron chi connectivity index (χ3n) is 6.19. The maximum Gasteiger partial charge on any atom is 0.322 e. The van der Waals surface area contributed by atoms with Gasteiger partial charge in [0, 0.05) is 33.8 Å². The fraction of sp³-hybridized carbons (Fsp3) is 0.409. The van der Waals surface area contributed by atoms with Crippen molar-refractivity contribution < 1.29 is 14.5 Å². The van der Waals surface area contributed by atoms with Gasteiger partial charge in [-0.1, -0.05) is 32.9 Å². The summed E-state index contributed by atoms with van der Waals surface area (Å²) in [5.41, 5.74) is 5.22. The largest absolute Gasteiger partial charge is 0.609 e. The number of hydrogen-bond donors (Lipinski definition) is 2. The number of nitrogens with zero attached hydrogens (tertiary/aromatic N) is 3. The molecule has 8 heteroatoms. The Morgan fingerprint density at radius 2 is 1.87 bits per heavy atom. The van der Waals surface area contributed by atoms with Crippen molar-refractivity contribution in [2.45, 2.75) is 56.4 Å². The molecule has 2 heterocycles. The minimum atomic E-state index is -1.38. The highest BCUT2D eigenvalue weighted by atomic mass is 32.2. The molecule has 158 valence electrons. The lowest BCUT2D eigenvalue weighted by Crippen LogP contribution is -2.34. The number of pyridine rings is 1. The first-order chi connectivity index (χ1) is 14.1. The maximum absolute atomic E-state index is 13.0. The predicted octanol–water partition coefficient (Wildman–Crippen LogP) is 3.98. The molecule has 2 aromatic heterocycles. The van der Waals surface area contributed by atoms with E-state index in [1.54, 1.807) is 19.4 Å². The Morgan fingerprint density at radius 3 is 2.50 bits per heavy atom. The number of fused-ring (bicyclic) bond motifs is 2. The second-order valence-electron chi connectivity index (χ2n) is 8.73. The Hall–Kier alpha value is -2.58. The van der Waals surface area contributed by atoms with Crippen molar-refractivity contribution in [1.29, 1.82) is 0 Å². The van der Waals surface area contributed by atoms with Crippen LogP contribution in [0.4, 0.5) is 0 Å². The standard InChI is InChI=1S/C22H26N4O3S/c1-12-17(23-8-7-18(12)29-6)11-30(28)20-24-15-9-13-14(10-16(15)25-20)22(4,5)19(26-27)21(13,2)3/h7-10,27H,11H2,1-6H3,(H,24,25). The molecular weight excluding hydrogens is 400 g/mol. The van der Waals surface area contributed by atoms with Gasteiger partial charge in [0.25, 0.3) is 0 Å². The van der Waals surface area contributed by atoms with Gasteiger partial charge in [0.1, 0.15) is 5.75 Å². The van der Waals surface area contributed by atoms with Crippen molar-refractivity contribution >= 4 is 27.9 Å². The van der Waals surface area contributed by atoms with E-state index in [2.05, 4.69) is 20.1 Å². The van der Waals surface area contributed by atoms with Crippen LogP contribution in [0.25, 0.3) is 11.0 Å². The molecule has 0 bridgehead atoms. The summed E-state index contributed by atoms with van der Waals surface area (Å²) < 4.78 is 18.4. The van der Waals surface area contributed by atoms with Gasteiger partial charge in [-0.2, -0.15) is 4.98 Å². The molecule has 4 rings (SSSR count). The van der Waals surface area contributed by atoms with Gasteiger partial charge in [-0.05, 0) is 36.2 Å². The lowest BCUT2D eigenvalue weighted by atomic mass is 9.79. The van der Waals surface area contributed by atoms with Crippen molar-refractivity contribution in [3.05, 3.63) is 46.8 Å². The summed E-state index contributed by atoms with van der Waals surface area (Å²) in [7, 11) is 1.61. The number of H-pyrrole nitrogens is 1. The van der Waals surface area contributed by atoms with E-state index >= 15 is 0 Å². The lowest BCUT2D eigenvalue weighted by molar-refractivity contribution is 0.310. The van der Waals surface area contributed by atoms with Crippen LogP contribution >= 0.6 is 0 Å². The highest BCUT2D eigenvalue weighted by molar-refractivity contribution is 7.90. The van der Waals surface area contributed by atoms with Crippen LogP contribution in [0.15, 0.2) is 34.7 Å². The van der Waals surface area contributed by atoms with Crippen LogP contribution in [0.5, 0.6) is 5.75 Å². The van der Waals surface area contributed by atoms with Gasteiger partial charge < -0.3 is 14.5 Å². The van der Waals surface area contributed by atoms with E-state index in [9.17, 15) is 9.76 Å². The molecule has 0 amide bonds. The number of imidazole rings is 1. The molecule has 1 aliphatic rings. The van der Waals surface area contributed by atoms with E-state index in [1.807, 2.05) is 46.8 Å². The summed E-state index contributed by atoms with van der Waals surface area (Å²) in [4.78, 5) is 12.2. The number of nitrogens with one attached hydrogen (secondary N) is 1. The van der Waals surface area contributed by atoms with E-state index in [0.29, 0.717) is 5.16 Å². The Bertz CT molecular complexity index is 1110. The van der Waals surface area contributed by atoms with Crippen LogP contribution in [0.3, 0.4) is 0 Å². The van der Waals surface area contributed by atoms with Gasteiger partial charge in [-0.25, -0.2) is 0 Å². The fourth-order valence-corrected chi connectivity index (χ4v) is 5.68. The second-order valence-corrected chi connectivity index (χ2v) is 10.1. The third kappa shape index (κ3) is 2.97. The monoisotopic (exact) mass is 426 g/mol. The molecule has 0 fully saturated rings. The molecule has 7 nitrogen and oxygen atoms in total. The van der Waals surface area contributed by atoms with Crippen LogP contribution < -0.4 is 4.74 Å². The van der Waals surface area contributed by atoms with Gasteiger partial charge in [0.05, 0.1) is 29.5 Å². The quantitative estimate of drug-likeness (QED) is 0.373. The topological polar surface area (TPSA) is 106 Å². The minimum absolute atomic E-state index is 0.251. The summed E-state index contributed by atoms with van der Waals surface area (Å²) in [6, 6.07) is 5.84. The highest BCUT2D eigenvalue weighted by Crippen LogP contribution is 2.48. The molecular formula is C22H26N4O3S. The number of rotatable bonds is 4. The third-order valence-corrected chi connectivity index (χ3v) is 7.35. The van der Waals surface area contributed by atoms with Gasteiger partial charge >= 0.3 is 5.16 Å². The molecule has 0 aliphatic heterocycles. The van der Waals surface area contributed by atoms with Crippen molar-refractivity contribution in [3.63, 3.8) is 0 Å². The fourth-order valence-electron chi connectivity index (χ4n) is 4.58. The molecule has 1 aromatic carbocycles. The summed E-state index contributed by atoms with van der Waals surface area (Å²) in [6.07, 6.45) is 1.66. The molecule has 2 N–H and O–H groups in total. The van der Waals surface area contributed by atoms with E-state index in [-0.39, 0.29) is 5.75 Å². The lowest BCUT2D eigenvalue weighted by Gasteiger charge is -2.24. The zero-order valence-corrected chi connectivity index (χ0v) is 18.8. The molecule has 0 saturated carbocycles. The summed E-state index contributed by atoms with van der Waals surface area (Å²) in [6.45, 7) is 10.1. The number of aromatic nitrogens is 3. The van der Waals surface area contributed by atoms with Crippen molar-refractivity contribution in [3.8, 4) is 5.75 Å². The average Bonchev–Trinajstić information content (AvgIpc) is 3.17. The van der Waals surface area contributed by atoms with Crippen LogP contribution in [-0.4, -0.2) is 37.5 Å². The SMILES string of the molecule is COc1ccnc(C[S+]([O-])c2nc3cc4c(cc3[nH]2)C(C)(C)/C(=N\O)C4(C)C)c1C. The first kappa shape index (κ1) is 20.7. The molecule has 1 unspecified atom stereocenters. The van der Waals surface area contributed by atoms with E-state index < -0.39 is 22.0 Å².